The van der Waals surface area contributed by atoms with Gasteiger partial charge in [-0.05, 0) is 16.5 Å². The largest absolute Gasteiger partial charge is 0.297 e. The topological polar surface area (TPSA) is 32.3 Å². The third-order valence-corrected chi connectivity index (χ3v) is 4.71. The molecule has 2 aromatic rings. The van der Waals surface area contributed by atoms with Crippen molar-refractivity contribution in [2.75, 3.05) is 26.2 Å². The summed E-state index contributed by atoms with van der Waals surface area (Å²) in [7, 11) is 0. The number of rotatable bonds is 4. The quantitative estimate of drug-likeness (QED) is 0.865. The maximum Gasteiger partial charge on any atom is 0.115 e. The van der Waals surface area contributed by atoms with Gasteiger partial charge in [-0.15, -0.1) is 0 Å². The molecule has 24 heavy (non-hydrogen) atoms. The van der Waals surface area contributed by atoms with Crippen LogP contribution in [-0.2, 0) is 18.5 Å². The first-order chi connectivity index (χ1) is 11.5. The molecule has 0 unspecified atom stereocenters. The summed E-state index contributed by atoms with van der Waals surface area (Å²) in [4.78, 5) is 13.2. The molecule has 0 amide bonds. The second-order valence-corrected chi connectivity index (χ2v) is 7.75. The molecule has 1 fully saturated rings. The highest BCUT2D eigenvalue weighted by atomic mass is 15.3. The highest BCUT2D eigenvalue weighted by molar-refractivity contribution is 5.27. The predicted molar refractivity (Wildman–Crippen MR) is 97.7 cm³/mol. The van der Waals surface area contributed by atoms with Gasteiger partial charge in [0, 0.05) is 57.2 Å². The summed E-state index contributed by atoms with van der Waals surface area (Å²) in [5, 5.41) is 0. The van der Waals surface area contributed by atoms with Gasteiger partial charge in [-0.3, -0.25) is 9.80 Å². The van der Waals surface area contributed by atoms with Crippen LogP contribution in [-0.4, -0.2) is 45.9 Å². The van der Waals surface area contributed by atoms with Crippen LogP contribution in [0.15, 0.2) is 43.0 Å². The SMILES string of the molecule is CC(C)(C)c1ccc(CN2CCN(Cc3cncnc3)CC2)cc1. The average Bonchev–Trinajstić information content (AvgIpc) is 2.57. The Morgan fingerprint density at radius 2 is 1.29 bits per heavy atom. The summed E-state index contributed by atoms with van der Waals surface area (Å²) in [5.41, 5.74) is 4.24. The van der Waals surface area contributed by atoms with Crippen molar-refractivity contribution in [2.45, 2.75) is 39.3 Å². The fourth-order valence-electron chi connectivity index (χ4n) is 3.14. The van der Waals surface area contributed by atoms with Crippen LogP contribution in [0.2, 0.25) is 0 Å². The second kappa shape index (κ2) is 7.41. The standard InChI is InChI=1S/C20H28N4/c1-20(2,3)19-6-4-17(5-7-19)14-23-8-10-24(11-9-23)15-18-12-21-16-22-13-18/h4-7,12-13,16H,8-11,14-15H2,1-3H3. The van der Waals surface area contributed by atoms with Crippen molar-refractivity contribution in [3.05, 3.63) is 59.7 Å². The third-order valence-electron chi connectivity index (χ3n) is 4.71. The minimum atomic E-state index is 0.227. The Bertz CT molecular complexity index is 623. The van der Waals surface area contributed by atoms with E-state index in [1.165, 1.54) is 16.7 Å². The Balaban J connectivity index is 1.48. The molecule has 0 aliphatic carbocycles. The molecular weight excluding hydrogens is 296 g/mol. The molecule has 0 radical (unpaired) electrons. The van der Waals surface area contributed by atoms with E-state index in [9.17, 15) is 0 Å². The van der Waals surface area contributed by atoms with E-state index in [0.29, 0.717) is 0 Å². The van der Waals surface area contributed by atoms with Crippen molar-refractivity contribution in [1.29, 1.82) is 0 Å². The number of benzene rings is 1. The predicted octanol–water partition coefficient (Wildman–Crippen LogP) is 3.09. The van der Waals surface area contributed by atoms with E-state index in [0.717, 1.165) is 39.3 Å². The molecule has 4 heteroatoms. The molecule has 2 heterocycles. The van der Waals surface area contributed by atoms with E-state index >= 15 is 0 Å². The number of aromatic nitrogens is 2. The van der Waals surface area contributed by atoms with E-state index in [1.807, 2.05) is 12.4 Å². The lowest BCUT2D eigenvalue weighted by molar-refractivity contribution is 0.122. The zero-order chi connectivity index (χ0) is 17.0. The molecule has 1 aromatic heterocycles. The van der Waals surface area contributed by atoms with Crippen LogP contribution >= 0.6 is 0 Å². The van der Waals surface area contributed by atoms with Crippen LogP contribution < -0.4 is 0 Å². The molecule has 0 spiro atoms. The Kier molecular flexibility index (Phi) is 5.27. The van der Waals surface area contributed by atoms with Gasteiger partial charge in [0.15, 0.2) is 0 Å². The highest BCUT2D eigenvalue weighted by Gasteiger charge is 2.18. The average molecular weight is 324 g/mol. The molecule has 1 aliphatic rings. The number of piperazine rings is 1. The lowest BCUT2D eigenvalue weighted by Crippen LogP contribution is -2.45. The second-order valence-electron chi connectivity index (χ2n) is 7.75. The number of nitrogens with zero attached hydrogens (tertiary/aromatic N) is 4. The number of hydrogen-bond donors (Lipinski definition) is 0. The summed E-state index contributed by atoms with van der Waals surface area (Å²) in [5.74, 6) is 0. The van der Waals surface area contributed by atoms with Crippen LogP contribution in [0.1, 0.15) is 37.5 Å². The highest BCUT2D eigenvalue weighted by Crippen LogP contribution is 2.22. The fourth-order valence-corrected chi connectivity index (χ4v) is 3.14. The fraction of sp³-hybridized carbons (Fsp3) is 0.500. The van der Waals surface area contributed by atoms with Crippen molar-refractivity contribution in [2.24, 2.45) is 0 Å². The zero-order valence-electron chi connectivity index (χ0n) is 15.1. The van der Waals surface area contributed by atoms with Crippen LogP contribution in [0.5, 0.6) is 0 Å². The smallest absolute Gasteiger partial charge is 0.115 e. The molecule has 1 saturated heterocycles. The summed E-state index contributed by atoms with van der Waals surface area (Å²) >= 11 is 0. The van der Waals surface area contributed by atoms with Crippen molar-refractivity contribution >= 4 is 0 Å². The monoisotopic (exact) mass is 324 g/mol. The maximum atomic E-state index is 4.10. The summed E-state index contributed by atoms with van der Waals surface area (Å²) in [6.45, 7) is 13.2. The molecule has 128 valence electrons. The summed E-state index contributed by atoms with van der Waals surface area (Å²) in [6, 6.07) is 9.13. The molecule has 0 atom stereocenters. The minimum absolute atomic E-state index is 0.227. The number of hydrogen-bond acceptors (Lipinski definition) is 4. The van der Waals surface area contributed by atoms with Crippen molar-refractivity contribution in [1.82, 2.24) is 19.8 Å². The first-order valence-corrected chi connectivity index (χ1v) is 8.79. The Hall–Kier alpha value is -1.78. The molecule has 3 rings (SSSR count). The van der Waals surface area contributed by atoms with E-state index in [-0.39, 0.29) is 5.41 Å². The maximum absolute atomic E-state index is 4.10. The zero-order valence-corrected chi connectivity index (χ0v) is 15.1. The molecule has 4 nitrogen and oxygen atoms in total. The van der Waals surface area contributed by atoms with E-state index in [4.69, 9.17) is 0 Å². The summed E-state index contributed by atoms with van der Waals surface area (Å²) in [6.07, 6.45) is 5.42. The Morgan fingerprint density at radius 1 is 0.792 bits per heavy atom. The van der Waals surface area contributed by atoms with Gasteiger partial charge in [0.25, 0.3) is 0 Å². The molecule has 1 aliphatic heterocycles. The molecular formula is C20H28N4. The van der Waals surface area contributed by atoms with Gasteiger partial charge >= 0.3 is 0 Å². The van der Waals surface area contributed by atoms with Gasteiger partial charge in [-0.25, -0.2) is 9.97 Å². The van der Waals surface area contributed by atoms with Crippen LogP contribution in [0.3, 0.4) is 0 Å². The summed E-state index contributed by atoms with van der Waals surface area (Å²) < 4.78 is 0. The van der Waals surface area contributed by atoms with Gasteiger partial charge in [-0.1, -0.05) is 45.0 Å². The van der Waals surface area contributed by atoms with Crippen molar-refractivity contribution in [3.63, 3.8) is 0 Å². The Morgan fingerprint density at radius 3 is 1.79 bits per heavy atom. The first kappa shape index (κ1) is 17.1. The first-order valence-electron chi connectivity index (χ1n) is 8.79. The molecule has 0 N–H and O–H groups in total. The van der Waals surface area contributed by atoms with Gasteiger partial charge in [0.05, 0.1) is 0 Å². The Labute approximate surface area is 145 Å². The van der Waals surface area contributed by atoms with Crippen LogP contribution in [0, 0.1) is 0 Å². The van der Waals surface area contributed by atoms with Crippen LogP contribution in [0.25, 0.3) is 0 Å². The lowest BCUT2D eigenvalue weighted by atomic mass is 9.87. The van der Waals surface area contributed by atoms with Gasteiger partial charge in [0.2, 0.25) is 0 Å². The van der Waals surface area contributed by atoms with Gasteiger partial charge < -0.3 is 0 Å². The van der Waals surface area contributed by atoms with Gasteiger partial charge in [0.1, 0.15) is 6.33 Å². The van der Waals surface area contributed by atoms with Crippen molar-refractivity contribution in [3.8, 4) is 0 Å². The third kappa shape index (κ3) is 4.62. The van der Waals surface area contributed by atoms with E-state index in [2.05, 4.69) is 64.8 Å². The minimum Gasteiger partial charge on any atom is -0.297 e. The van der Waals surface area contributed by atoms with Crippen molar-refractivity contribution < 1.29 is 0 Å². The van der Waals surface area contributed by atoms with E-state index < -0.39 is 0 Å². The molecule has 0 saturated carbocycles. The lowest BCUT2D eigenvalue weighted by Gasteiger charge is -2.34. The molecule has 0 bridgehead atoms. The van der Waals surface area contributed by atoms with Crippen LogP contribution in [0.4, 0.5) is 0 Å². The van der Waals surface area contributed by atoms with Gasteiger partial charge in [-0.2, -0.15) is 0 Å². The molecule has 1 aromatic carbocycles. The normalized spacial score (nSPS) is 17.1. The van der Waals surface area contributed by atoms with E-state index in [1.54, 1.807) is 6.33 Å².